The van der Waals surface area contributed by atoms with Crippen molar-refractivity contribution in [3.8, 4) is 0 Å². The molecule has 6 nitrogen and oxygen atoms in total. The number of anilines is 1. The Bertz CT molecular complexity index is 888. The van der Waals surface area contributed by atoms with Crippen molar-refractivity contribution in [3.63, 3.8) is 0 Å². The molecular weight excluding hydrogens is 355 g/mol. The first-order valence-electron chi connectivity index (χ1n) is 8.55. The molecule has 0 aliphatic carbocycles. The van der Waals surface area contributed by atoms with Gasteiger partial charge < -0.3 is 14.6 Å². The summed E-state index contributed by atoms with van der Waals surface area (Å²) in [6.07, 6.45) is 1.49. The van der Waals surface area contributed by atoms with Gasteiger partial charge in [-0.1, -0.05) is 17.4 Å². The summed E-state index contributed by atoms with van der Waals surface area (Å²) in [6, 6.07) is 8.41. The van der Waals surface area contributed by atoms with Crippen molar-refractivity contribution >= 4 is 32.6 Å². The van der Waals surface area contributed by atoms with E-state index in [0.717, 1.165) is 42.6 Å². The van der Waals surface area contributed by atoms with Crippen molar-refractivity contribution in [1.82, 2.24) is 15.2 Å². The van der Waals surface area contributed by atoms with Crippen LogP contribution in [0.1, 0.15) is 10.6 Å². The Kier molecular flexibility index (Phi) is 4.85. The van der Waals surface area contributed by atoms with E-state index in [9.17, 15) is 9.18 Å². The molecule has 1 aliphatic heterocycles. The van der Waals surface area contributed by atoms with Crippen LogP contribution < -0.4 is 10.2 Å². The van der Waals surface area contributed by atoms with E-state index in [1.807, 2.05) is 6.07 Å². The molecule has 1 aromatic carbocycles. The number of hydrogen-bond donors (Lipinski definition) is 1. The summed E-state index contributed by atoms with van der Waals surface area (Å²) in [6.45, 7) is 4.81. The third-order valence-corrected chi connectivity index (χ3v) is 5.54. The number of fused-ring (bicyclic) bond motifs is 1. The highest BCUT2D eigenvalue weighted by Gasteiger charge is 2.20. The van der Waals surface area contributed by atoms with Gasteiger partial charge in [-0.15, -0.1) is 0 Å². The third-order valence-electron chi connectivity index (χ3n) is 4.46. The van der Waals surface area contributed by atoms with Crippen molar-refractivity contribution < 1.29 is 13.6 Å². The van der Waals surface area contributed by atoms with Gasteiger partial charge in [0.25, 0.3) is 5.91 Å². The monoisotopic (exact) mass is 374 g/mol. The minimum atomic E-state index is -0.268. The van der Waals surface area contributed by atoms with Gasteiger partial charge in [0.15, 0.2) is 10.9 Å². The van der Waals surface area contributed by atoms with E-state index in [2.05, 4.69) is 20.1 Å². The number of halogens is 1. The number of thiazole rings is 1. The lowest BCUT2D eigenvalue weighted by Crippen LogP contribution is -2.48. The average Bonchev–Trinajstić information content (AvgIpc) is 3.33. The largest absolute Gasteiger partial charge is 0.459 e. The summed E-state index contributed by atoms with van der Waals surface area (Å²) in [5, 5.41) is 3.73. The molecule has 0 atom stereocenters. The van der Waals surface area contributed by atoms with Crippen LogP contribution in [-0.4, -0.2) is 55.1 Å². The quantitative estimate of drug-likeness (QED) is 0.744. The van der Waals surface area contributed by atoms with E-state index in [1.165, 1.54) is 23.7 Å². The molecule has 2 aromatic heterocycles. The number of para-hydroxylation sites is 1. The molecule has 8 heteroatoms. The molecule has 26 heavy (non-hydrogen) atoms. The molecule has 1 saturated heterocycles. The first kappa shape index (κ1) is 17.0. The summed E-state index contributed by atoms with van der Waals surface area (Å²) in [5.74, 6) is -0.126. The van der Waals surface area contributed by atoms with Gasteiger partial charge in [-0.25, -0.2) is 9.37 Å². The molecule has 1 amide bonds. The molecule has 0 saturated carbocycles. The highest BCUT2D eigenvalue weighted by molar-refractivity contribution is 7.22. The number of carbonyl (C=O) groups excluding carboxylic acids is 1. The van der Waals surface area contributed by atoms with Crippen molar-refractivity contribution in [3.05, 3.63) is 48.2 Å². The first-order valence-corrected chi connectivity index (χ1v) is 9.36. The maximum atomic E-state index is 13.8. The van der Waals surface area contributed by atoms with Gasteiger partial charge in [0.1, 0.15) is 11.3 Å². The summed E-state index contributed by atoms with van der Waals surface area (Å²) in [7, 11) is 0. The van der Waals surface area contributed by atoms with E-state index in [-0.39, 0.29) is 11.7 Å². The summed E-state index contributed by atoms with van der Waals surface area (Å²) < 4.78 is 19.8. The number of amides is 1. The highest BCUT2D eigenvalue weighted by atomic mass is 32.1. The summed E-state index contributed by atoms with van der Waals surface area (Å²) >= 11 is 1.53. The Balaban J connectivity index is 1.27. The number of hydrogen-bond acceptors (Lipinski definition) is 6. The SMILES string of the molecule is O=C(NCCN1CCN(c2nc3c(F)cccc3s2)CC1)c1ccco1. The molecule has 1 N–H and O–H groups in total. The van der Waals surface area contributed by atoms with Gasteiger partial charge in [-0.05, 0) is 24.3 Å². The zero-order chi connectivity index (χ0) is 17.9. The van der Waals surface area contributed by atoms with Gasteiger partial charge in [-0.3, -0.25) is 9.69 Å². The van der Waals surface area contributed by atoms with Crippen molar-refractivity contribution in [2.75, 3.05) is 44.2 Å². The molecular formula is C18H19FN4O2S. The second-order valence-electron chi connectivity index (χ2n) is 6.14. The molecule has 0 spiro atoms. The highest BCUT2D eigenvalue weighted by Crippen LogP contribution is 2.30. The molecule has 0 bridgehead atoms. The number of piperazine rings is 1. The van der Waals surface area contributed by atoms with Crippen LogP contribution >= 0.6 is 11.3 Å². The summed E-state index contributed by atoms with van der Waals surface area (Å²) in [5.41, 5.74) is 0.454. The van der Waals surface area contributed by atoms with Crippen LogP contribution in [0.5, 0.6) is 0 Å². The Hall–Kier alpha value is -2.45. The van der Waals surface area contributed by atoms with Crippen LogP contribution in [0.4, 0.5) is 9.52 Å². The van der Waals surface area contributed by atoms with Gasteiger partial charge >= 0.3 is 0 Å². The fourth-order valence-electron chi connectivity index (χ4n) is 3.02. The lowest BCUT2D eigenvalue weighted by Gasteiger charge is -2.34. The Morgan fingerprint density at radius 1 is 1.23 bits per heavy atom. The normalized spacial score (nSPS) is 15.5. The molecule has 136 valence electrons. The van der Waals surface area contributed by atoms with Crippen LogP contribution in [0, 0.1) is 5.82 Å². The smallest absolute Gasteiger partial charge is 0.287 e. The maximum Gasteiger partial charge on any atom is 0.287 e. The molecule has 3 heterocycles. The third kappa shape index (κ3) is 3.56. The number of benzene rings is 1. The molecule has 3 aromatic rings. The molecule has 0 unspecified atom stereocenters. The number of nitrogens with one attached hydrogen (secondary N) is 1. The Morgan fingerprint density at radius 3 is 2.81 bits per heavy atom. The predicted octanol–water partition coefficient (Wildman–Crippen LogP) is 2.58. The van der Waals surface area contributed by atoms with Crippen molar-refractivity contribution in [2.45, 2.75) is 0 Å². The first-order chi connectivity index (χ1) is 12.7. The lowest BCUT2D eigenvalue weighted by molar-refractivity contribution is 0.0920. The van der Waals surface area contributed by atoms with Crippen LogP contribution in [0.2, 0.25) is 0 Å². The summed E-state index contributed by atoms with van der Waals surface area (Å²) in [4.78, 5) is 20.8. The van der Waals surface area contributed by atoms with Crippen LogP contribution in [0.15, 0.2) is 41.0 Å². The van der Waals surface area contributed by atoms with Gasteiger partial charge in [0.2, 0.25) is 0 Å². The van der Waals surface area contributed by atoms with E-state index in [0.29, 0.717) is 17.8 Å². The maximum absolute atomic E-state index is 13.8. The van der Waals surface area contributed by atoms with Crippen molar-refractivity contribution in [2.24, 2.45) is 0 Å². The van der Waals surface area contributed by atoms with E-state index >= 15 is 0 Å². The van der Waals surface area contributed by atoms with Crippen LogP contribution in [0.25, 0.3) is 10.2 Å². The van der Waals surface area contributed by atoms with Crippen molar-refractivity contribution in [1.29, 1.82) is 0 Å². The number of rotatable bonds is 5. The van der Waals surface area contributed by atoms with Gasteiger partial charge in [0.05, 0.1) is 11.0 Å². The molecule has 0 radical (unpaired) electrons. The number of carbonyl (C=O) groups is 1. The van der Waals surface area contributed by atoms with E-state index < -0.39 is 0 Å². The topological polar surface area (TPSA) is 61.6 Å². The predicted molar refractivity (Wildman–Crippen MR) is 99.3 cm³/mol. The van der Waals surface area contributed by atoms with Crippen LogP contribution in [0.3, 0.4) is 0 Å². The molecule has 1 fully saturated rings. The molecule has 4 rings (SSSR count). The van der Waals surface area contributed by atoms with Crippen LogP contribution in [-0.2, 0) is 0 Å². The fourth-order valence-corrected chi connectivity index (χ4v) is 4.06. The van der Waals surface area contributed by atoms with Gasteiger partial charge in [0, 0.05) is 39.3 Å². The second-order valence-corrected chi connectivity index (χ2v) is 7.15. The van der Waals surface area contributed by atoms with E-state index in [1.54, 1.807) is 18.2 Å². The average molecular weight is 374 g/mol. The number of aromatic nitrogens is 1. The Labute approximate surface area is 154 Å². The minimum Gasteiger partial charge on any atom is -0.459 e. The number of nitrogens with zero attached hydrogens (tertiary/aromatic N) is 3. The number of furan rings is 1. The standard InChI is InChI=1S/C18H19FN4O2S/c19-13-3-1-5-15-16(13)21-18(26-15)23-10-8-22(9-11-23)7-6-20-17(24)14-4-2-12-25-14/h1-5,12H,6-11H2,(H,20,24). The van der Waals surface area contributed by atoms with E-state index in [4.69, 9.17) is 4.42 Å². The van der Waals surface area contributed by atoms with Gasteiger partial charge in [-0.2, -0.15) is 0 Å². The Morgan fingerprint density at radius 2 is 2.08 bits per heavy atom. The molecule has 1 aliphatic rings. The zero-order valence-electron chi connectivity index (χ0n) is 14.2. The zero-order valence-corrected chi connectivity index (χ0v) is 15.0. The lowest BCUT2D eigenvalue weighted by atomic mass is 10.3. The fraction of sp³-hybridized carbons (Fsp3) is 0.333. The second kappa shape index (κ2) is 7.43. The minimum absolute atomic E-state index is 0.190.